The van der Waals surface area contributed by atoms with Crippen LogP contribution in [0.4, 0.5) is 0 Å². The van der Waals surface area contributed by atoms with E-state index in [4.69, 9.17) is 0 Å². The minimum Gasteiger partial charge on any atom is -0.316 e. The molecule has 1 aliphatic rings. The van der Waals surface area contributed by atoms with E-state index in [9.17, 15) is 8.42 Å². The first-order valence-corrected chi connectivity index (χ1v) is 6.42. The highest BCUT2D eigenvalue weighted by Gasteiger charge is 2.19. The molecule has 2 N–H and O–H groups in total. The largest absolute Gasteiger partial charge is 0.316 e. The van der Waals surface area contributed by atoms with Crippen molar-refractivity contribution in [2.75, 3.05) is 33.2 Å². The second kappa shape index (κ2) is 5.06. The van der Waals surface area contributed by atoms with E-state index in [0.29, 0.717) is 19.0 Å². The summed E-state index contributed by atoms with van der Waals surface area (Å²) in [5, 5.41) is 3.20. The van der Waals surface area contributed by atoms with Gasteiger partial charge in [-0.2, -0.15) is 12.7 Å². The van der Waals surface area contributed by atoms with Crippen molar-refractivity contribution in [3.8, 4) is 0 Å². The molecule has 6 heteroatoms. The second-order valence-corrected chi connectivity index (χ2v) is 5.49. The Morgan fingerprint density at radius 3 is 2.79 bits per heavy atom. The Balaban J connectivity index is 2.35. The van der Waals surface area contributed by atoms with E-state index < -0.39 is 10.2 Å². The van der Waals surface area contributed by atoms with Crippen molar-refractivity contribution in [3.63, 3.8) is 0 Å². The van der Waals surface area contributed by atoms with E-state index in [-0.39, 0.29) is 0 Å². The molecule has 0 saturated carbocycles. The Morgan fingerprint density at radius 2 is 2.29 bits per heavy atom. The molecule has 0 aromatic carbocycles. The van der Waals surface area contributed by atoms with E-state index in [2.05, 4.69) is 10.0 Å². The van der Waals surface area contributed by atoms with Crippen LogP contribution in [0.25, 0.3) is 0 Å². The number of rotatable bonds is 5. The van der Waals surface area contributed by atoms with Crippen LogP contribution >= 0.6 is 0 Å². The zero-order valence-corrected chi connectivity index (χ0v) is 9.60. The zero-order chi connectivity index (χ0) is 10.6. The molecule has 0 amide bonds. The van der Waals surface area contributed by atoms with Crippen LogP contribution in [0.1, 0.15) is 13.3 Å². The SMILES string of the molecule is CCN(C)S(=O)(=O)NCC1CCNC1. The van der Waals surface area contributed by atoms with Crippen LogP contribution in [-0.2, 0) is 10.2 Å². The highest BCUT2D eigenvalue weighted by molar-refractivity contribution is 7.87. The Labute approximate surface area is 86.0 Å². The predicted molar refractivity (Wildman–Crippen MR) is 56.2 cm³/mol. The predicted octanol–water partition coefficient (Wildman–Crippen LogP) is -0.618. The molecule has 0 spiro atoms. The van der Waals surface area contributed by atoms with Crippen LogP contribution in [0.5, 0.6) is 0 Å². The van der Waals surface area contributed by atoms with Crippen molar-refractivity contribution < 1.29 is 8.42 Å². The summed E-state index contributed by atoms with van der Waals surface area (Å²) in [4.78, 5) is 0. The summed E-state index contributed by atoms with van der Waals surface area (Å²) in [5.41, 5.74) is 0. The maximum Gasteiger partial charge on any atom is 0.279 e. The van der Waals surface area contributed by atoms with Crippen LogP contribution in [0.3, 0.4) is 0 Å². The van der Waals surface area contributed by atoms with Gasteiger partial charge in [-0.15, -0.1) is 0 Å². The fourth-order valence-corrected chi connectivity index (χ4v) is 2.40. The normalized spacial score (nSPS) is 23.2. The summed E-state index contributed by atoms with van der Waals surface area (Å²) < 4.78 is 27.0. The maximum atomic E-state index is 11.5. The summed E-state index contributed by atoms with van der Waals surface area (Å²) in [6.07, 6.45) is 1.05. The van der Waals surface area contributed by atoms with Crippen LogP contribution in [0, 0.1) is 5.92 Å². The number of nitrogens with zero attached hydrogens (tertiary/aromatic N) is 1. The molecular weight excluding hydrogens is 202 g/mol. The number of hydrogen-bond donors (Lipinski definition) is 2. The molecule has 5 nitrogen and oxygen atoms in total. The molecular formula is C8H19N3O2S. The molecule has 84 valence electrons. The molecule has 0 aromatic heterocycles. The van der Waals surface area contributed by atoms with Crippen molar-refractivity contribution in [1.29, 1.82) is 0 Å². The van der Waals surface area contributed by atoms with E-state index >= 15 is 0 Å². The van der Waals surface area contributed by atoms with Crippen molar-refractivity contribution in [2.24, 2.45) is 5.92 Å². The minimum absolute atomic E-state index is 0.440. The fraction of sp³-hybridized carbons (Fsp3) is 1.00. The average Bonchev–Trinajstić information content (AvgIpc) is 2.66. The van der Waals surface area contributed by atoms with Gasteiger partial charge in [0.25, 0.3) is 10.2 Å². The lowest BCUT2D eigenvalue weighted by molar-refractivity contribution is 0.461. The summed E-state index contributed by atoms with van der Waals surface area (Å²) in [5.74, 6) is 0.440. The van der Waals surface area contributed by atoms with Gasteiger partial charge in [-0.25, -0.2) is 4.72 Å². The quantitative estimate of drug-likeness (QED) is 0.650. The Hall–Kier alpha value is -0.170. The smallest absolute Gasteiger partial charge is 0.279 e. The lowest BCUT2D eigenvalue weighted by Gasteiger charge is -2.17. The third-order valence-electron chi connectivity index (χ3n) is 2.57. The molecule has 1 heterocycles. The van der Waals surface area contributed by atoms with E-state index in [1.54, 1.807) is 7.05 Å². The lowest BCUT2D eigenvalue weighted by atomic mass is 10.1. The van der Waals surface area contributed by atoms with Gasteiger partial charge in [0, 0.05) is 20.1 Å². The van der Waals surface area contributed by atoms with Gasteiger partial charge >= 0.3 is 0 Å². The van der Waals surface area contributed by atoms with Crippen molar-refractivity contribution in [2.45, 2.75) is 13.3 Å². The van der Waals surface area contributed by atoms with Gasteiger partial charge in [0.1, 0.15) is 0 Å². The first kappa shape index (κ1) is 11.9. The second-order valence-electron chi connectivity index (χ2n) is 3.63. The Morgan fingerprint density at radius 1 is 1.57 bits per heavy atom. The molecule has 1 unspecified atom stereocenters. The Kier molecular flexibility index (Phi) is 4.31. The van der Waals surface area contributed by atoms with Crippen molar-refractivity contribution >= 4 is 10.2 Å². The summed E-state index contributed by atoms with van der Waals surface area (Å²) in [6.45, 7) is 4.77. The number of nitrogens with one attached hydrogen (secondary N) is 2. The summed E-state index contributed by atoms with van der Waals surface area (Å²) in [6, 6.07) is 0. The van der Waals surface area contributed by atoms with Crippen LogP contribution in [0.15, 0.2) is 0 Å². The van der Waals surface area contributed by atoms with Crippen molar-refractivity contribution in [1.82, 2.24) is 14.3 Å². The molecule has 0 radical (unpaired) electrons. The molecule has 0 aromatic rings. The third kappa shape index (κ3) is 3.20. The van der Waals surface area contributed by atoms with Gasteiger partial charge < -0.3 is 5.32 Å². The third-order valence-corrected chi connectivity index (χ3v) is 4.18. The van der Waals surface area contributed by atoms with Crippen LogP contribution in [-0.4, -0.2) is 45.9 Å². The summed E-state index contributed by atoms with van der Waals surface area (Å²) in [7, 11) is -1.66. The number of hydrogen-bond acceptors (Lipinski definition) is 3. The molecule has 1 rings (SSSR count). The van der Waals surface area contributed by atoms with Gasteiger partial charge in [0.15, 0.2) is 0 Å². The molecule has 0 bridgehead atoms. The van der Waals surface area contributed by atoms with E-state index in [1.165, 1.54) is 4.31 Å². The standard InChI is InChI=1S/C8H19N3O2S/c1-3-11(2)14(12,13)10-7-8-4-5-9-6-8/h8-10H,3-7H2,1-2H3. The highest BCUT2D eigenvalue weighted by Crippen LogP contribution is 2.06. The lowest BCUT2D eigenvalue weighted by Crippen LogP contribution is -2.40. The topological polar surface area (TPSA) is 61.4 Å². The molecule has 1 fully saturated rings. The van der Waals surface area contributed by atoms with Gasteiger partial charge in [-0.3, -0.25) is 0 Å². The van der Waals surface area contributed by atoms with Crippen molar-refractivity contribution in [3.05, 3.63) is 0 Å². The van der Waals surface area contributed by atoms with Crippen LogP contribution in [0.2, 0.25) is 0 Å². The molecule has 1 aliphatic heterocycles. The zero-order valence-electron chi connectivity index (χ0n) is 8.78. The Bertz CT molecular complexity index is 260. The van der Waals surface area contributed by atoms with Gasteiger partial charge in [-0.1, -0.05) is 6.92 Å². The molecule has 1 saturated heterocycles. The first-order chi connectivity index (χ1) is 6.56. The highest BCUT2D eigenvalue weighted by atomic mass is 32.2. The average molecular weight is 221 g/mol. The summed E-state index contributed by atoms with van der Waals surface area (Å²) >= 11 is 0. The van der Waals surface area contributed by atoms with Gasteiger partial charge in [0.05, 0.1) is 0 Å². The molecule has 1 atom stereocenters. The van der Waals surface area contributed by atoms with E-state index in [0.717, 1.165) is 19.5 Å². The molecule has 14 heavy (non-hydrogen) atoms. The maximum absolute atomic E-state index is 11.5. The molecule has 0 aliphatic carbocycles. The van der Waals surface area contributed by atoms with E-state index in [1.807, 2.05) is 6.92 Å². The first-order valence-electron chi connectivity index (χ1n) is 4.98. The van der Waals surface area contributed by atoms with Gasteiger partial charge in [-0.05, 0) is 25.4 Å². The monoisotopic (exact) mass is 221 g/mol. The van der Waals surface area contributed by atoms with Crippen LogP contribution < -0.4 is 10.0 Å². The fourth-order valence-electron chi connectivity index (χ4n) is 1.39. The van der Waals surface area contributed by atoms with Gasteiger partial charge in [0.2, 0.25) is 0 Å². The minimum atomic E-state index is -3.24.